The van der Waals surface area contributed by atoms with Gasteiger partial charge in [0.05, 0.1) is 22.7 Å². The minimum absolute atomic E-state index is 0.101. The van der Waals surface area contributed by atoms with Gasteiger partial charge in [0, 0.05) is 5.56 Å². The third-order valence-corrected chi connectivity index (χ3v) is 5.95. The third kappa shape index (κ3) is 4.49. The van der Waals surface area contributed by atoms with Gasteiger partial charge in [-0.05, 0) is 59.8 Å². The molecule has 0 bridgehead atoms. The third-order valence-electron chi connectivity index (χ3n) is 4.73. The van der Waals surface area contributed by atoms with Crippen LogP contribution in [0.15, 0.2) is 71.6 Å². The fourth-order valence-electron chi connectivity index (χ4n) is 3.13. The SMILES string of the molecule is COc1ccc(/C=C2/SC(=O)N(c3ccccc3)C2=O)cc1OCc1c(F)cccc1Cl. The van der Waals surface area contributed by atoms with E-state index in [0.717, 1.165) is 16.7 Å². The Morgan fingerprint density at radius 3 is 2.53 bits per heavy atom. The Morgan fingerprint density at radius 2 is 1.81 bits per heavy atom. The zero-order valence-corrected chi connectivity index (χ0v) is 18.5. The van der Waals surface area contributed by atoms with Gasteiger partial charge in [-0.25, -0.2) is 9.29 Å². The quantitative estimate of drug-likeness (QED) is 0.396. The molecule has 1 aliphatic heterocycles. The smallest absolute Gasteiger partial charge is 0.298 e. The van der Waals surface area contributed by atoms with Crippen LogP contribution in [0.2, 0.25) is 5.02 Å². The molecule has 32 heavy (non-hydrogen) atoms. The molecule has 1 heterocycles. The molecule has 1 aliphatic rings. The standard InChI is InChI=1S/C24H17ClFNO4S/c1-30-20-11-10-15(12-21(20)31-14-17-18(25)8-5-9-19(17)26)13-22-23(28)27(24(29)32-22)16-6-3-2-4-7-16/h2-13H,14H2,1H3/b22-13+. The first kappa shape index (κ1) is 21.9. The molecule has 0 atom stereocenters. The Kier molecular flexibility index (Phi) is 6.48. The van der Waals surface area contributed by atoms with Crippen molar-refractivity contribution in [2.24, 2.45) is 0 Å². The van der Waals surface area contributed by atoms with Gasteiger partial charge in [-0.1, -0.05) is 41.9 Å². The lowest BCUT2D eigenvalue weighted by Crippen LogP contribution is -2.27. The van der Waals surface area contributed by atoms with Crippen molar-refractivity contribution >= 4 is 46.3 Å². The summed E-state index contributed by atoms with van der Waals surface area (Å²) in [5.74, 6) is -0.0836. The average Bonchev–Trinajstić information content (AvgIpc) is 3.07. The molecule has 162 valence electrons. The summed E-state index contributed by atoms with van der Waals surface area (Å²) in [5.41, 5.74) is 1.36. The summed E-state index contributed by atoms with van der Waals surface area (Å²) in [6.45, 7) is -0.101. The molecule has 3 aromatic rings. The predicted octanol–water partition coefficient (Wildman–Crippen LogP) is 6.31. The molecule has 8 heteroatoms. The minimum Gasteiger partial charge on any atom is -0.493 e. The van der Waals surface area contributed by atoms with E-state index in [9.17, 15) is 14.0 Å². The zero-order valence-electron chi connectivity index (χ0n) is 16.9. The number of carbonyl (C=O) groups excluding carboxylic acids is 2. The van der Waals surface area contributed by atoms with Gasteiger partial charge in [-0.3, -0.25) is 9.59 Å². The highest BCUT2D eigenvalue weighted by Gasteiger charge is 2.36. The van der Waals surface area contributed by atoms with Crippen LogP contribution in [0.3, 0.4) is 0 Å². The summed E-state index contributed by atoms with van der Waals surface area (Å²) in [4.78, 5) is 26.6. The number of hydrogen-bond donors (Lipinski definition) is 0. The lowest BCUT2D eigenvalue weighted by Gasteiger charge is -2.13. The highest BCUT2D eigenvalue weighted by atomic mass is 35.5. The number of ether oxygens (including phenoxy) is 2. The van der Waals surface area contributed by atoms with E-state index in [1.807, 2.05) is 6.07 Å². The van der Waals surface area contributed by atoms with Gasteiger partial charge in [0.25, 0.3) is 11.1 Å². The molecular formula is C24H17ClFNO4S. The van der Waals surface area contributed by atoms with Crippen molar-refractivity contribution < 1.29 is 23.5 Å². The first-order valence-electron chi connectivity index (χ1n) is 9.54. The van der Waals surface area contributed by atoms with Crippen LogP contribution < -0.4 is 14.4 Å². The normalized spacial score (nSPS) is 14.8. The molecule has 0 radical (unpaired) electrons. The van der Waals surface area contributed by atoms with Crippen LogP contribution in [0.4, 0.5) is 14.9 Å². The summed E-state index contributed by atoms with van der Waals surface area (Å²) in [6.07, 6.45) is 1.61. The van der Waals surface area contributed by atoms with E-state index in [-0.39, 0.29) is 27.3 Å². The maximum Gasteiger partial charge on any atom is 0.298 e. The van der Waals surface area contributed by atoms with Crippen LogP contribution in [0.25, 0.3) is 6.08 Å². The minimum atomic E-state index is -0.470. The van der Waals surface area contributed by atoms with Gasteiger partial charge >= 0.3 is 0 Å². The number of methoxy groups -OCH3 is 1. The lowest BCUT2D eigenvalue weighted by atomic mass is 10.1. The summed E-state index contributed by atoms with van der Waals surface area (Å²) >= 11 is 6.93. The van der Waals surface area contributed by atoms with Crippen LogP contribution in [0, 0.1) is 5.82 Å². The van der Waals surface area contributed by atoms with Crippen molar-refractivity contribution in [1.82, 2.24) is 0 Å². The number of hydrogen-bond acceptors (Lipinski definition) is 5. The van der Waals surface area contributed by atoms with E-state index in [1.165, 1.54) is 19.2 Å². The van der Waals surface area contributed by atoms with Gasteiger partial charge in [-0.15, -0.1) is 0 Å². The number of carbonyl (C=O) groups is 2. The second-order valence-electron chi connectivity index (χ2n) is 6.75. The van der Waals surface area contributed by atoms with Crippen LogP contribution in [-0.4, -0.2) is 18.3 Å². The molecule has 0 N–H and O–H groups in total. The van der Waals surface area contributed by atoms with Crippen LogP contribution in [-0.2, 0) is 11.4 Å². The number of benzene rings is 3. The lowest BCUT2D eigenvalue weighted by molar-refractivity contribution is -0.113. The Morgan fingerprint density at radius 1 is 1.03 bits per heavy atom. The van der Waals surface area contributed by atoms with Crippen molar-refractivity contribution in [2.45, 2.75) is 6.61 Å². The Labute approximate surface area is 193 Å². The fourth-order valence-corrected chi connectivity index (χ4v) is 4.19. The number of halogens is 2. The average molecular weight is 470 g/mol. The summed E-state index contributed by atoms with van der Waals surface area (Å²) in [5, 5.41) is -0.110. The van der Waals surface area contributed by atoms with Crippen molar-refractivity contribution in [2.75, 3.05) is 12.0 Å². The monoisotopic (exact) mass is 469 g/mol. The van der Waals surface area contributed by atoms with E-state index < -0.39 is 11.7 Å². The molecule has 1 saturated heterocycles. The Hall–Kier alpha value is -3.29. The molecule has 0 aliphatic carbocycles. The molecule has 0 spiro atoms. The topological polar surface area (TPSA) is 55.8 Å². The van der Waals surface area contributed by atoms with Gasteiger partial charge in [-0.2, -0.15) is 0 Å². The summed E-state index contributed by atoms with van der Waals surface area (Å²) < 4.78 is 25.2. The molecule has 0 aromatic heterocycles. The van der Waals surface area contributed by atoms with Gasteiger partial charge < -0.3 is 9.47 Å². The van der Waals surface area contributed by atoms with E-state index in [4.69, 9.17) is 21.1 Å². The molecule has 2 amide bonds. The zero-order chi connectivity index (χ0) is 22.7. The largest absolute Gasteiger partial charge is 0.493 e. The number of rotatable bonds is 6. The Balaban J connectivity index is 1.59. The van der Waals surface area contributed by atoms with Crippen molar-refractivity contribution in [3.05, 3.63) is 93.6 Å². The second kappa shape index (κ2) is 9.46. The fraction of sp³-hybridized carbons (Fsp3) is 0.0833. The molecule has 0 saturated carbocycles. The molecular weight excluding hydrogens is 453 g/mol. The summed E-state index contributed by atoms with van der Waals surface area (Å²) in [7, 11) is 1.49. The first-order valence-corrected chi connectivity index (χ1v) is 10.7. The summed E-state index contributed by atoms with van der Waals surface area (Å²) in [6, 6.07) is 18.2. The maximum absolute atomic E-state index is 14.1. The Bertz CT molecular complexity index is 1200. The molecule has 1 fully saturated rings. The highest BCUT2D eigenvalue weighted by molar-refractivity contribution is 8.19. The van der Waals surface area contributed by atoms with E-state index in [2.05, 4.69) is 0 Å². The van der Waals surface area contributed by atoms with Gasteiger partial charge in [0.1, 0.15) is 12.4 Å². The second-order valence-corrected chi connectivity index (χ2v) is 8.15. The molecule has 0 unspecified atom stereocenters. The molecule has 5 nitrogen and oxygen atoms in total. The number of nitrogens with zero attached hydrogens (tertiary/aromatic N) is 1. The van der Waals surface area contributed by atoms with E-state index in [0.29, 0.717) is 22.7 Å². The van der Waals surface area contributed by atoms with Crippen LogP contribution in [0.1, 0.15) is 11.1 Å². The maximum atomic E-state index is 14.1. The predicted molar refractivity (Wildman–Crippen MR) is 124 cm³/mol. The molecule has 4 rings (SSSR count). The number of thioether (sulfide) groups is 1. The van der Waals surface area contributed by atoms with Crippen LogP contribution >= 0.6 is 23.4 Å². The van der Waals surface area contributed by atoms with Crippen molar-refractivity contribution in [3.63, 3.8) is 0 Å². The van der Waals surface area contributed by atoms with Gasteiger partial charge in [0.15, 0.2) is 11.5 Å². The van der Waals surface area contributed by atoms with Crippen LogP contribution in [0.5, 0.6) is 11.5 Å². The number of para-hydroxylation sites is 1. The number of anilines is 1. The van der Waals surface area contributed by atoms with E-state index >= 15 is 0 Å². The first-order chi connectivity index (χ1) is 15.5. The highest BCUT2D eigenvalue weighted by Crippen LogP contribution is 2.37. The van der Waals surface area contributed by atoms with Crippen molar-refractivity contribution in [3.8, 4) is 11.5 Å². The molecule has 3 aromatic carbocycles. The number of amides is 2. The van der Waals surface area contributed by atoms with Crippen molar-refractivity contribution in [1.29, 1.82) is 0 Å². The van der Waals surface area contributed by atoms with Gasteiger partial charge in [0.2, 0.25) is 0 Å². The number of imide groups is 1. The van der Waals surface area contributed by atoms with E-state index in [1.54, 1.807) is 54.6 Å².